The predicted octanol–water partition coefficient (Wildman–Crippen LogP) is 1.25. The summed E-state index contributed by atoms with van der Waals surface area (Å²) in [7, 11) is -3.82. The van der Waals surface area contributed by atoms with Crippen LogP contribution in [-0.2, 0) is 19.6 Å². The highest BCUT2D eigenvalue weighted by molar-refractivity contribution is 7.89. The predicted molar refractivity (Wildman–Crippen MR) is 119 cm³/mol. The number of rotatable bonds is 9. The molecule has 0 unspecified atom stereocenters. The third kappa shape index (κ3) is 6.05. The average molecular weight is 451 g/mol. The van der Waals surface area contributed by atoms with Gasteiger partial charge >= 0.3 is 0 Å². The van der Waals surface area contributed by atoms with Crippen LogP contribution in [-0.4, -0.2) is 86.7 Å². The van der Waals surface area contributed by atoms with Gasteiger partial charge in [-0.1, -0.05) is 26.0 Å². The largest absolute Gasteiger partial charge is 0.343 e. The molecule has 2 aliphatic rings. The fraction of sp³-hybridized carbons (Fsp3) is 0.636. The molecule has 2 fully saturated rings. The maximum Gasteiger partial charge on any atom is 0.243 e. The van der Waals surface area contributed by atoms with Crippen LogP contribution in [0, 0.1) is 0 Å². The number of hydrogen-bond acceptors (Lipinski definition) is 5. The molecular weight excluding hydrogens is 416 g/mol. The fourth-order valence-electron chi connectivity index (χ4n) is 4.00. The van der Waals surface area contributed by atoms with Crippen molar-refractivity contribution >= 4 is 21.8 Å². The van der Waals surface area contributed by atoms with E-state index in [0.717, 1.165) is 18.5 Å². The lowest BCUT2D eigenvalue weighted by atomic mass is 10.0. The first-order valence-corrected chi connectivity index (χ1v) is 12.6. The Labute approximate surface area is 185 Å². The van der Waals surface area contributed by atoms with Crippen molar-refractivity contribution in [1.82, 2.24) is 19.4 Å². The maximum absolute atomic E-state index is 13.4. The SMILES string of the molecule is CC(C)c1ccc(S(=O)(=O)N(CCCN2CCCC2=O)CC(=O)N2CCNCC2)cc1. The number of carbonyl (C=O) groups excluding carboxylic acids is 2. The number of likely N-dealkylation sites (tertiary alicyclic amines) is 1. The van der Waals surface area contributed by atoms with Crippen LogP contribution < -0.4 is 5.32 Å². The van der Waals surface area contributed by atoms with E-state index in [-0.39, 0.29) is 29.8 Å². The molecule has 1 aromatic carbocycles. The van der Waals surface area contributed by atoms with Crippen LogP contribution in [0.25, 0.3) is 0 Å². The van der Waals surface area contributed by atoms with Crippen LogP contribution in [0.2, 0.25) is 0 Å². The van der Waals surface area contributed by atoms with E-state index in [1.165, 1.54) is 4.31 Å². The molecule has 0 saturated carbocycles. The first kappa shape index (κ1) is 23.7. The molecule has 0 spiro atoms. The van der Waals surface area contributed by atoms with Crippen molar-refractivity contribution in [3.05, 3.63) is 29.8 Å². The number of hydrogen-bond donors (Lipinski definition) is 1. The van der Waals surface area contributed by atoms with Crippen LogP contribution in [0.15, 0.2) is 29.2 Å². The molecule has 31 heavy (non-hydrogen) atoms. The molecule has 8 nitrogen and oxygen atoms in total. The Morgan fingerprint density at radius 3 is 2.39 bits per heavy atom. The van der Waals surface area contributed by atoms with Crippen molar-refractivity contribution < 1.29 is 18.0 Å². The molecular formula is C22H34N4O4S. The molecule has 2 amide bonds. The summed E-state index contributed by atoms with van der Waals surface area (Å²) in [5, 5.41) is 3.20. The third-order valence-corrected chi connectivity index (χ3v) is 7.83. The number of nitrogens with zero attached hydrogens (tertiary/aromatic N) is 3. The molecule has 1 aromatic rings. The van der Waals surface area contributed by atoms with E-state index in [0.29, 0.717) is 51.5 Å². The summed E-state index contributed by atoms with van der Waals surface area (Å²) >= 11 is 0. The minimum atomic E-state index is -3.82. The molecule has 0 bridgehead atoms. The molecule has 2 heterocycles. The van der Waals surface area contributed by atoms with E-state index >= 15 is 0 Å². The Morgan fingerprint density at radius 2 is 1.81 bits per heavy atom. The first-order valence-electron chi connectivity index (χ1n) is 11.2. The summed E-state index contributed by atoms with van der Waals surface area (Å²) in [5.74, 6) is 0.247. The van der Waals surface area contributed by atoms with E-state index in [1.54, 1.807) is 21.9 Å². The second-order valence-corrected chi connectivity index (χ2v) is 10.5. The lowest BCUT2D eigenvalue weighted by Crippen LogP contribution is -2.50. The molecule has 3 rings (SSSR count). The van der Waals surface area contributed by atoms with Crippen molar-refractivity contribution in [2.24, 2.45) is 0 Å². The minimum absolute atomic E-state index is 0.121. The number of benzene rings is 1. The lowest BCUT2D eigenvalue weighted by molar-refractivity contribution is -0.132. The van der Waals surface area contributed by atoms with Crippen LogP contribution >= 0.6 is 0 Å². The molecule has 2 aliphatic heterocycles. The summed E-state index contributed by atoms with van der Waals surface area (Å²) < 4.78 is 28.1. The quantitative estimate of drug-likeness (QED) is 0.612. The summed E-state index contributed by atoms with van der Waals surface area (Å²) in [6.45, 7) is 7.97. The van der Waals surface area contributed by atoms with E-state index in [2.05, 4.69) is 19.2 Å². The highest BCUT2D eigenvalue weighted by atomic mass is 32.2. The van der Waals surface area contributed by atoms with Crippen molar-refractivity contribution in [3.8, 4) is 0 Å². The van der Waals surface area contributed by atoms with Gasteiger partial charge in [0, 0.05) is 52.2 Å². The monoisotopic (exact) mass is 450 g/mol. The van der Waals surface area contributed by atoms with Gasteiger partial charge in [-0.15, -0.1) is 0 Å². The fourth-order valence-corrected chi connectivity index (χ4v) is 5.43. The summed E-state index contributed by atoms with van der Waals surface area (Å²) in [6, 6.07) is 6.90. The summed E-state index contributed by atoms with van der Waals surface area (Å²) in [4.78, 5) is 28.4. The topological polar surface area (TPSA) is 90.0 Å². The zero-order chi connectivity index (χ0) is 22.4. The van der Waals surface area contributed by atoms with Crippen molar-refractivity contribution in [2.75, 3.05) is 52.4 Å². The zero-order valence-corrected chi connectivity index (χ0v) is 19.4. The summed E-state index contributed by atoms with van der Waals surface area (Å²) in [5.41, 5.74) is 1.06. The standard InChI is InChI=1S/C22H34N4O4S/c1-18(2)19-6-8-20(9-7-19)31(29,30)26(14-4-13-24-12-3-5-21(24)27)17-22(28)25-15-10-23-11-16-25/h6-9,18,23H,3-5,10-17H2,1-2H3. The van der Waals surface area contributed by atoms with Gasteiger partial charge in [-0.25, -0.2) is 8.42 Å². The van der Waals surface area contributed by atoms with Gasteiger partial charge < -0.3 is 15.1 Å². The Kier molecular flexibility index (Phi) is 8.07. The van der Waals surface area contributed by atoms with E-state index in [4.69, 9.17) is 0 Å². The Balaban J connectivity index is 1.73. The normalized spacial score (nSPS) is 17.7. The minimum Gasteiger partial charge on any atom is -0.343 e. The number of amides is 2. The van der Waals surface area contributed by atoms with E-state index < -0.39 is 10.0 Å². The van der Waals surface area contributed by atoms with Gasteiger partial charge in [0.05, 0.1) is 11.4 Å². The first-order chi connectivity index (χ1) is 14.8. The van der Waals surface area contributed by atoms with E-state index in [9.17, 15) is 18.0 Å². The number of carbonyl (C=O) groups is 2. The highest BCUT2D eigenvalue weighted by Crippen LogP contribution is 2.21. The highest BCUT2D eigenvalue weighted by Gasteiger charge is 2.29. The average Bonchev–Trinajstić information content (AvgIpc) is 3.18. The van der Waals surface area contributed by atoms with E-state index in [1.807, 2.05) is 12.1 Å². The van der Waals surface area contributed by atoms with Crippen LogP contribution in [0.1, 0.15) is 44.6 Å². The number of piperazine rings is 1. The molecule has 0 atom stereocenters. The maximum atomic E-state index is 13.4. The molecule has 2 saturated heterocycles. The zero-order valence-electron chi connectivity index (χ0n) is 18.5. The number of sulfonamides is 1. The van der Waals surface area contributed by atoms with Crippen LogP contribution in [0.5, 0.6) is 0 Å². The van der Waals surface area contributed by atoms with Crippen molar-refractivity contribution in [2.45, 2.75) is 43.9 Å². The van der Waals surface area contributed by atoms with Crippen molar-refractivity contribution in [1.29, 1.82) is 0 Å². The summed E-state index contributed by atoms with van der Waals surface area (Å²) in [6.07, 6.45) is 1.92. The second kappa shape index (κ2) is 10.6. The molecule has 172 valence electrons. The Hall–Kier alpha value is -1.97. The third-order valence-electron chi connectivity index (χ3n) is 5.97. The van der Waals surface area contributed by atoms with Gasteiger partial charge in [-0.2, -0.15) is 4.31 Å². The van der Waals surface area contributed by atoms with Gasteiger partial charge in [0.1, 0.15) is 0 Å². The lowest BCUT2D eigenvalue weighted by Gasteiger charge is -2.30. The van der Waals surface area contributed by atoms with Gasteiger partial charge in [0.15, 0.2) is 0 Å². The molecule has 0 aliphatic carbocycles. The van der Waals surface area contributed by atoms with Crippen LogP contribution in [0.3, 0.4) is 0 Å². The van der Waals surface area contributed by atoms with Crippen molar-refractivity contribution in [3.63, 3.8) is 0 Å². The number of nitrogens with one attached hydrogen (secondary N) is 1. The van der Waals surface area contributed by atoms with Gasteiger partial charge in [-0.05, 0) is 36.5 Å². The van der Waals surface area contributed by atoms with Gasteiger partial charge in [0.25, 0.3) is 0 Å². The molecule has 0 radical (unpaired) electrons. The molecule has 1 N–H and O–H groups in total. The Bertz CT molecular complexity index is 864. The second-order valence-electron chi connectivity index (χ2n) is 8.53. The molecule has 9 heteroatoms. The van der Waals surface area contributed by atoms with Gasteiger partial charge in [0.2, 0.25) is 21.8 Å². The molecule has 0 aromatic heterocycles. The van der Waals surface area contributed by atoms with Crippen LogP contribution in [0.4, 0.5) is 0 Å². The Morgan fingerprint density at radius 1 is 1.13 bits per heavy atom. The van der Waals surface area contributed by atoms with Gasteiger partial charge in [-0.3, -0.25) is 9.59 Å². The smallest absolute Gasteiger partial charge is 0.243 e.